The summed E-state index contributed by atoms with van der Waals surface area (Å²) >= 11 is 0. The molecule has 32 heavy (non-hydrogen) atoms. The van der Waals surface area contributed by atoms with E-state index in [0.29, 0.717) is 22.5 Å². The second kappa shape index (κ2) is 8.46. The van der Waals surface area contributed by atoms with Crippen molar-refractivity contribution in [3.63, 3.8) is 0 Å². The maximum absolute atomic E-state index is 13.2. The molecular weight excluding hydrogens is 429 g/mol. The average Bonchev–Trinajstić information content (AvgIpc) is 3.52. The Morgan fingerprint density at radius 3 is 2.53 bits per heavy atom. The molecule has 1 spiro atoms. The Hall–Kier alpha value is -2.48. The van der Waals surface area contributed by atoms with Crippen LogP contribution >= 0.6 is 0 Å². The molecule has 0 bridgehead atoms. The van der Waals surface area contributed by atoms with Crippen LogP contribution in [0.3, 0.4) is 0 Å². The molecule has 0 radical (unpaired) electrons. The largest absolute Gasteiger partial charge is 0.356 e. The first-order valence-electron chi connectivity index (χ1n) is 11.0. The van der Waals surface area contributed by atoms with Gasteiger partial charge in [0.2, 0.25) is 0 Å². The van der Waals surface area contributed by atoms with E-state index >= 15 is 0 Å². The number of alkyl halides is 1. The van der Waals surface area contributed by atoms with Gasteiger partial charge in [-0.1, -0.05) is 19.9 Å². The van der Waals surface area contributed by atoms with E-state index in [1.54, 1.807) is 44.3 Å². The molecule has 0 unspecified atom stereocenters. The van der Waals surface area contributed by atoms with Crippen molar-refractivity contribution in [2.24, 2.45) is 10.8 Å². The lowest BCUT2D eigenvalue weighted by Crippen LogP contribution is -2.36. The first kappa shape index (κ1) is 22.7. The Balaban J connectivity index is 1.51. The predicted octanol–water partition coefficient (Wildman–Crippen LogP) is 4.48. The smallest absolute Gasteiger partial charge is 0.259 e. The molecule has 1 aromatic heterocycles. The van der Waals surface area contributed by atoms with Crippen LogP contribution in [0.4, 0.5) is 15.9 Å². The number of nitrogens with one attached hydrogen (secondary N) is 1. The molecule has 0 atom stereocenters. The maximum atomic E-state index is 13.2. The van der Waals surface area contributed by atoms with Crippen LogP contribution in [0.5, 0.6) is 0 Å². The van der Waals surface area contributed by atoms with Crippen molar-refractivity contribution in [2.45, 2.75) is 44.4 Å². The molecule has 2 aliphatic rings. The van der Waals surface area contributed by atoms with E-state index < -0.39 is 21.9 Å². The number of nitrogens with zero attached hydrogens (tertiary/aromatic N) is 2. The summed E-state index contributed by atoms with van der Waals surface area (Å²) < 4.78 is 38.6. The topological polar surface area (TPSA) is 79.4 Å². The van der Waals surface area contributed by atoms with Gasteiger partial charge >= 0.3 is 0 Å². The van der Waals surface area contributed by atoms with Crippen molar-refractivity contribution in [1.29, 1.82) is 0 Å². The Kier molecular flexibility index (Phi) is 6.00. The number of halogens is 1. The van der Waals surface area contributed by atoms with Gasteiger partial charge in [-0.3, -0.25) is 9.18 Å². The zero-order valence-electron chi connectivity index (χ0n) is 18.6. The van der Waals surface area contributed by atoms with Gasteiger partial charge in [0, 0.05) is 30.4 Å². The molecular formula is C24H30FN3O3S. The molecule has 2 aromatic rings. The molecule has 1 aliphatic heterocycles. The molecule has 172 valence electrons. The van der Waals surface area contributed by atoms with E-state index in [9.17, 15) is 17.6 Å². The number of sulfone groups is 1. The number of hydrogen-bond donors (Lipinski definition) is 1. The highest BCUT2D eigenvalue weighted by atomic mass is 32.2. The third-order valence-corrected chi connectivity index (χ3v) is 8.64. The van der Waals surface area contributed by atoms with Crippen LogP contribution in [0.15, 0.2) is 47.5 Å². The predicted molar refractivity (Wildman–Crippen MR) is 124 cm³/mol. The Labute approximate surface area is 189 Å². The SMILES string of the molecule is CC(C)(CF)CS(=O)(=O)c1cccc(NC(=O)c2cccnc2N2CCC3(CC2)CC3)c1. The van der Waals surface area contributed by atoms with Gasteiger partial charge in [0.25, 0.3) is 5.91 Å². The van der Waals surface area contributed by atoms with E-state index in [-0.39, 0.29) is 16.6 Å². The van der Waals surface area contributed by atoms with Gasteiger partial charge in [0.05, 0.1) is 22.9 Å². The van der Waals surface area contributed by atoms with Crippen LogP contribution in [0.25, 0.3) is 0 Å². The molecule has 6 nitrogen and oxygen atoms in total. The lowest BCUT2D eigenvalue weighted by molar-refractivity contribution is 0.102. The number of hydrogen-bond acceptors (Lipinski definition) is 5. The minimum atomic E-state index is -3.70. The monoisotopic (exact) mass is 459 g/mol. The van der Waals surface area contributed by atoms with Gasteiger partial charge in [-0.05, 0) is 61.4 Å². The lowest BCUT2D eigenvalue weighted by Gasteiger charge is -2.33. The summed E-state index contributed by atoms with van der Waals surface area (Å²) in [5, 5.41) is 2.81. The van der Waals surface area contributed by atoms with E-state index in [2.05, 4.69) is 15.2 Å². The standard InChI is InChI=1S/C24H30FN3O3S/c1-23(2,16-25)17-32(30,31)19-6-3-5-18(15-19)27-22(29)20-7-4-12-26-21(20)28-13-10-24(8-9-24)11-14-28/h3-7,12,15H,8-11,13-14,16-17H2,1-2H3,(H,27,29). The molecule has 1 saturated carbocycles. The zero-order chi connectivity index (χ0) is 23.0. The van der Waals surface area contributed by atoms with Gasteiger partial charge in [-0.25, -0.2) is 13.4 Å². The van der Waals surface area contributed by atoms with E-state index in [1.807, 2.05) is 0 Å². The molecule has 2 fully saturated rings. The van der Waals surface area contributed by atoms with Crippen molar-refractivity contribution < 1.29 is 17.6 Å². The number of carbonyl (C=O) groups is 1. The van der Waals surface area contributed by atoms with Crippen LogP contribution in [0.2, 0.25) is 0 Å². The highest BCUT2D eigenvalue weighted by Crippen LogP contribution is 2.53. The third-order valence-electron chi connectivity index (χ3n) is 6.51. The second-order valence-corrected chi connectivity index (χ2v) is 11.9. The van der Waals surface area contributed by atoms with Crippen LogP contribution < -0.4 is 10.2 Å². The number of carbonyl (C=O) groups excluding carboxylic acids is 1. The first-order valence-corrected chi connectivity index (χ1v) is 12.7. The summed E-state index contributed by atoms with van der Waals surface area (Å²) in [6, 6.07) is 9.58. The van der Waals surface area contributed by atoms with Crippen molar-refractivity contribution in [1.82, 2.24) is 4.98 Å². The summed E-state index contributed by atoms with van der Waals surface area (Å²) in [6.07, 6.45) is 6.54. The fourth-order valence-electron chi connectivity index (χ4n) is 4.30. The van der Waals surface area contributed by atoms with E-state index in [1.165, 1.54) is 25.0 Å². The van der Waals surface area contributed by atoms with Crippen molar-refractivity contribution in [3.8, 4) is 0 Å². The summed E-state index contributed by atoms with van der Waals surface area (Å²) in [5.41, 5.74) is 0.387. The highest BCUT2D eigenvalue weighted by Gasteiger charge is 2.44. The molecule has 8 heteroatoms. The van der Waals surface area contributed by atoms with Crippen LogP contribution in [-0.2, 0) is 9.84 Å². The number of rotatable bonds is 7. The quantitative estimate of drug-likeness (QED) is 0.660. The van der Waals surface area contributed by atoms with Gasteiger partial charge in [0.1, 0.15) is 5.82 Å². The summed E-state index contributed by atoms with van der Waals surface area (Å²) in [7, 11) is -3.70. The number of anilines is 2. The number of benzene rings is 1. The van der Waals surface area contributed by atoms with Crippen molar-refractivity contribution in [2.75, 3.05) is 35.7 Å². The van der Waals surface area contributed by atoms with Gasteiger partial charge < -0.3 is 10.2 Å². The van der Waals surface area contributed by atoms with Crippen LogP contribution in [0, 0.1) is 10.8 Å². The minimum absolute atomic E-state index is 0.0639. The molecule has 4 rings (SSSR count). The number of aromatic nitrogens is 1. The summed E-state index contributed by atoms with van der Waals surface area (Å²) in [4.78, 5) is 19.8. The average molecular weight is 460 g/mol. The fraction of sp³-hybridized carbons (Fsp3) is 0.500. The molecule has 1 amide bonds. The zero-order valence-corrected chi connectivity index (χ0v) is 19.4. The third kappa shape index (κ3) is 4.95. The Bertz CT molecular complexity index is 1100. The molecule has 2 heterocycles. The minimum Gasteiger partial charge on any atom is -0.356 e. The summed E-state index contributed by atoms with van der Waals surface area (Å²) in [6.45, 7) is 4.19. The first-order chi connectivity index (χ1) is 15.1. The van der Waals surface area contributed by atoms with E-state index in [0.717, 1.165) is 25.9 Å². The normalized spacial score (nSPS) is 17.9. The lowest BCUT2D eigenvalue weighted by atomic mass is 9.93. The molecule has 1 saturated heterocycles. The molecule has 1 aliphatic carbocycles. The number of pyridine rings is 1. The van der Waals surface area contributed by atoms with Gasteiger partial charge in [0.15, 0.2) is 9.84 Å². The Morgan fingerprint density at radius 2 is 1.88 bits per heavy atom. The van der Waals surface area contributed by atoms with Crippen molar-refractivity contribution in [3.05, 3.63) is 48.2 Å². The molecule has 1 aromatic carbocycles. The second-order valence-electron chi connectivity index (χ2n) is 9.90. The van der Waals surface area contributed by atoms with Gasteiger partial charge in [-0.2, -0.15) is 0 Å². The van der Waals surface area contributed by atoms with Crippen molar-refractivity contribution >= 4 is 27.2 Å². The van der Waals surface area contributed by atoms with Crippen LogP contribution in [-0.4, -0.2) is 44.8 Å². The fourth-order valence-corrected chi connectivity index (χ4v) is 6.16. The number of amides is 1. The highest BCUT2D eigenvalue weighted by molar-refractivity contribution is 7.91. The van der Waals surface area contributed by atoms with Crippen LogP contribution in [0.1, 0.15) is 49.9 Å². The van der Waals surface area contributed by atoms with E-state index in [4.69, 9.17) is 0 Å². The van der Waals surface area contributed by atoms with Gasteiger partial charge in [-0.15, -0.1) is 0 Å². The summed E-state index contributed by atoms with van der Waals surface area (Å²) in [5.74, 6) is 0.0179. The maximum Gasteiger partial charge on any atom is 0.259 e. The number of piperidine rings is 1. The Morgan fingerprint density at radius 1 is 1.16 bits per heavy atom. The molecule has 1 N–H and O–H groups in total.